The molecule has 48 heavy (non-hydrogen) atoms. The molecular weight excluding hydrogens is 760 g/mol. The van der Waals surface area contributed by atoms with Crippen molar-refractivity contribution < 1.29 is 23.7 Å². The number of halogens is 2. The second-order valence-corrected chi connectivity index (χ2v) is 13.4. The van der Waals surface area contributed by atoms with Crippen molar-refractivity contribution in [2.45, 2.75) is 19.6 Å². The molecule has 8 nitrogen and oxygen atoms in total. The van der Waals surface area contributed by atoms with Gasteiger partial charge in [-0.2, -0.15) is 0 Å². The summed E-state index contributed by atoms with van der Waals surface area (Å²) in [7, 11) is 3.09. The number of hydrogen-bond donors (Lipinski definition) is 0. The summed E-state index contributed by atoms with van der Waals surface area (Å²) in [6.07, 6.45) is 1.81. The molecule has 0 unspecified atom stereocenters. The lowest BCUT2D eigenvalue weighted by Gasteiger charge is -2.26. The number of esters is 1. The molecule has 0 amide bonds. The van der Waals surface area contributed by atoms with Crippen LogP contribution in [0.25, 0.3) is 11.8 Å². The highest BCUT2D eigenvalue weighted by molar-refractivity contribution is 9.11. The zero-order chi connectivity index (χ0) is 33.8. The van der Waals surface area contributed by atoms with Gasteiger partial charge in [-0.05, 0) is 85.8 Å². The molecular formula is C37H30Br2N2O6S. The van der Waals surface area contributed by atoms with Gasteiger partial charge in [-0.1, -0.05) is 78.1 Å². The van der Waals surface area contributed by atoms with Crippen LogP contribution in [0, 0.1) is 0 Å². The zero-order valence-electron chi connectivity index (χ0n) is 26.2. The normalized spacial score (nSPS) is 14.3. The topological polar surface area (TPSA) is 88.4 Å². The van der Waals surface area contributed by atoms with Crippen LogP contribution >= 0.6 is 43.2 Å². The number of fused-ring (bicyclic) bond motifs is 1. The number of thiazole rings is 1. The van der Waals surface area contributed by atoms with Crippen LogP contribution in [-0.2, 0) is 16.1 Å². The number of methoxy groups -OCH3 is 2. The van der Waals surface area contributed by atoms with Crippen LogP contribution in [0.15, 0.2) is 115 Å². The van der Waals surface area contributed by atoms with E-state index in [-0.39, 0.29) is 17.7 Å². The molecule has 0 saturated carbocycles. The Hall–Kier alpha value is -4.45. The minimum Gasteiger partial charge on any atom is -0.493 e. The summed E-state index contributed by atoms with van der Waals surface area (Å²) >= 11 is 8.53. The van der Waals surface area contributed by atoms with Gasteiger partial charge in [0, 0.05) is 5.56 Å². The van der Waals surface area contributed by atoms with Crippen molar-refractivity contribution in [1.29, 1.82) is 0 Å². The number of carbonyl (C=O) groups excluding carboxylic acids is 1. The summed E-state index contributed by atoms with van der Waals surface area (Å²) in [5.41, 5.74) is 3.56. The summed E-state index contributed by atoms with van der Waals surface area (Å²) in [5, 5.41) is 0. The molecule has 1 aliphatic heterocycles. The van der Waals surface area contributed by atoms with Crippen LogP contribution in [0.3, 0.4) is 0 Å². The number of benzene rings is 4. The van der Waals surface area contributed by atoms with E-state index >= 15 is 0 Å². The average Bonchev–Trinajstić information content (AvgIpc) is 3.41. The highest BCUT2D eigenvalue weighted by Gasteiger charge is 2.35. The molecule has 1 aromatic heterocycles. The third-order valence-corrected chi connectivity index (χ3v) is 9.80. The first-order valence-electron chi connectivity index (χ1n) is 15.0. The summed E-state index contributed by atoms with van der Waals surface area (Å²) in [4.78, 5) is 33.5. The average molecular weight is 791 g/mol. The summed E-state index contributed by atoms with van der Waals surface area (Å²) in [6, 6.07) is 27.6. The second kappa shape index (κ2) is 14.8. The Balaban J connectivity index is 1.52. The lowest BCUT2D eigenvalue weighted by atomic mass is 9.93. The van der Waals surface area contributed by atoms with E-state index in [1.165, 1.54) is 11.3 Å². The smallest absolute Gasteiger partial charge is 0.338 e. The van der Waals surface area contributed by atoms with Crippen molar-refractivity contribution >= 4 is 60.9 Å². The second-order valence-electron chi connectivity index (χ2n) is 10.6. The monoisotopic (exact) mass is 788 g/mol. The van der Waals surface area contributed by atoms with Crippen LogP contribution in [-0.4, -0.2) is 31.4 Å². The molecule has 0 bridgehead atoms. The van der Waals surface area contributed by atoms with Crippen molar-refractivity contribution in [2.75, 3.05) is 20.8 Å². The summed E-state index contributed by atoms with van der Waals surface area (Å²) < 4.78 is 26.2. The first kappa shape index (κ1) is 33.5. The van der Waals surface area contributed by atoms with E-state index < -0.39 is 12.0 Å². The van der Waals surface area contributed by atoms with Crippen molar-refractivity contribution in [1.82, 2.24) is 4.57 Å². The van der Waals surface area contributed by atoms with Crippen molar-refractivity contribution in [3.63, 3.8) is 0 Å². The minimum absolute atomic E-state index is 0.155. The van der Waals surface area contributed by atoms with E-state index in [1.807, 2.05) is 84.9 Å². The predicted molar refractivity (Wildman–Crippen MR) is 193 cm³/mol. The molecule has 244 valence electrons. The Morgan fingerprint density at radius 1 is 0.917 bits per heavy atom. The Morgan fingerprint density at radius 2 is 1.58 bits per heavy atom. The van der Waals surface area contributed by atoms with Crippen LogP contribution in [0.2, 0.25) is 0 Å². The summed E-state index contributed by atoms with van der Waals surface area (Å²) in [5.74, 6) is 1.07. The van der Waals surface area contributed by atoms with Crippen LogP contribution in [0.1, 0.15) is 35.2 Å². The molecule has 11 heteroatoms. The highest BCUT2D eigenvalue weighted by Crippen LogP contribution is 2.39. The molecule has 0 spiro atoms. The quantitative estimate of drug-likeness (QED) is 0.141. The number of rotatable bonds is 10. The van der Waals surface area contributed by atoms with Crippen LogP contribution < -0.4 is 29.1 Å². The number of nitrogens with zero attached hydrogens (tertiary/aromatic N) is 2. The van der Waals surface area contributed by atoms with Gasteiger partial charge in [0.05, 0.1) is 51.6 Å². The number of ether oxygens (including phenoxy) is 4. The number of carbonyl (C=O) groups is 1. The maximum absolute atomic E-state index is 14.3. The first-order valence-corrected chi connectivity index (χ1v) is 17.4. The fraction of sp³-hybridized carbons (Fsp3) is 0.162. The van der Waals surface area contributed by atoms with Crippen molar-refractivity contribution in [3.05, 3.63) is 147 Å². The fourth-order valence-electron chi connectivity index (χ4n) is 5.46. The maximum atomic E-state index is 14.3. The molecule has 4 aromatic carbocycles. The molecule has 6 rings (SSSR count). The van der Waals surface area contributed by atoms with E-state index in [4.69, 9.17) is 23.9 Å². The Bertz CT molecular complexity index is 2170. The van der Waals surface area contributed by atoms with Gasteiger partial charge in [-0.15, -0.1) is 0 Å². The Kier molecular flexibility index (Phi) is 10.3. The maximum Gasteiger partial charge on any atom is 0.338 e. The molecule has 0 N–H and O–H groups in total. The van der Waals surface area contributed by atoms with E-state index in [9.17, 15) is 9.59 Å². The van der Waals surface area contributed by atoms with E-state index in [2.05, 4.69) is 31.9 Å². The summed E-state index contributed by atoms with van der Waals surface area (Å²) in [6.45, 7) is 2.30. The lowest BCUT2D eigenvalue weighted by molar-refractivity contribution is -0.138. The minimum atomic E-state index is -0.857. The molecule has 0 saturated heterocycles. The van der Waals surface area contributed by atoms with Gasteiger partial charge in [-0.3, -0.25) is 9.36 Å². The van der Waals surface area contributed by atoms with Gasteiger partial charge in [-0.25, -0.2) is 9.79 Å². The molecule has 1 aliphatic rings. The van der Waals surface area contributed by atoms with Gasteiger partial charge >= 0.3 is 5.97 Å². The predicted octanol–water partition coefficient (Wildman–Crippen LogP) is 7.06. The molecule has 5 aromatic rings. The number of hydrogen-bond acceptors (Lipinski definition) is 8. The van der Waals surface area contributed by atoms with Crippen molar-refractivity contribution in [2.24, 2.45) is 4.99 Å². The SMILES string of the molecule is CCOC(=O)C1=C(c2ccccc2)N=c2s/c(=C\c3cc(Br)c(OCc4ccccc4)c(Br)c3)c(=O)n2[C@@H]1c1ccc(OC)c(OC)c1. The van der Waals surface area contributed by atoms with E-state index in [0.29, 0.717) is 44.4 Å². The van der Waals surface area contributed by atoms with Crippen LogP contribution in [0.4, 0.5) is 0 Å². The molecule has 2 heterocycles. The van der Waals surface area contributed by atoms with E-state index in [0.717, 1.165) is 25.6 Å². The fourth-order valence-corrected chi connectivity index (χ4v) is 7.91. The lowest BCUT2D eigenvalue weighted by Crippen LogP contribution is -2.40. The standard InChI is InChI=1S/C37H30Br2N2O6S/c1-4-46-36(43)31-32(24-13-9-6-10-14-24)40-37-41(33(31)25-15-16-28(44-2)29(20-25)45-3)35(42)30(48-37)19-23-17-26(38)34(27(39)18-23)47-21-22-11-7-5-8-12-22/h5-20,33H,4,21H2,1-3H3/b30-19-/t33-/m1/s1. The van der Waals surface area contributed by atoms with E-state index in [1.54, 1.807) is 37.8 Å². The van der Waals surface area contributed by atoms with Crippen molar-refractivity contribution in [3.8, 4) is 17.2 Å². The van der Waals surface area contributed by atoms with Gasteiger partial charge < -0.3 is 18.9 Å². The third-order valence-electron chi connectivity index (χ3n) is 7.64. The van der Waals surface area contributed by atoms with Gasteiger partial charge in [0.25, 0.3) is 5.56 Å². The van der Waals surface area contributed by atoms with Gasteiger partial charge in [0.2, 0.25) is 0 Å². The zero-order valence-corrected chi connectivity index (χ0v) is 30.2. The first-order chi connectivity index (χ1) is 23.3. The largest absolute Gasteiger partial charge is 0.493 e. The third kappa shape index (κ3) is 6.76. The van der Waals surface area contributed by atoms with Crippen LogP contribution in [0.5, 0.6) is 17.2 Å². The van der Waals surface area contributed by atoms with Gasteiger partial charge in [0.15, 0.2) is 16.3 Å². The Morgan fingerprint density at radius 3 is 2.23 bits per heavy atom. The Labute approximate surface area is 297 Å². The highest BCUT2D eigenvalue weighted by atomic mass is 79.9. The molecule has 1 atom stereocenters. The molecule has 0 fully saturated rings. The number of aromatic nitrogens is 1. The van der Waals surface area contributed by atoms with Gasteiger partial charge in [0.1, 0.15) is 12.4 Å². The molecule has 0 aliphatic carbocycles. The molecule has 0 radical (unpaired) electrons.